The number of halogens is 2. The molecule has 0 bridgehead atoms. The van der Waals surface area contributed by atoms with Crippen molar-refractivity contribution in [2.45, 2.75) is 5.03 Å². The third-order valence-electron chi connectivity index (χ3n) is 2.89. The molecule has 11 heteroatoms. The van der Waals surface area contributed by atoms with E-state index in [1.807, 2.05) is 4.72 Å². The molecule has 2 N–H and O–H groups in total. The number of hydrogen-bond donors (Lipinski definition) is 2. The normalized spacial score (nSPS) is 11.0. The number of ether oxygens (including phenoxy) is 1. The predicted octanol–water partition coefficient (Wildman–Crippen LogP) is 0.184. The Balaban J connectivity index is 2.35. The van der Waals surface area contributed by atoms with Crippen molar-refractivity contribution in [3.8, 4) is 0 Å². The van der Waals surface area contributed by atoms with Crippen LogP contribution in [0, 0.1) is 11.6 Å². The topological polar surface area (TPSA) is 106 Å². The second kappa shape index (κ2) is 6.93. The van der Waals surface area contributed by atoms with Gasteiger partial charge in [0.15, 0.2) is 5.03 Å². The molecule has 2 rings (SSSR count). The molecule has 0 unspecified atom stereocenters. The molecule has 0 aliphatic heterocycles. The van der Waals surface area contributed by atoms with Gasteiger partial charge in [-0.1, -0.05) is 6.07 Å². The zero-order chi connectivity index (χ0) is 17.9. The molecular weight excluding hydrogens is 345 g/mol. The van der Waals surface area contributed by atoms with Crippen LogP contribution in [0.25, 0.3) is 0 Å². The summed E-state index contributed by atoms with van der Waals surface area (Å²) in [4.78, 5) is 14.9. The van der Waals surface area contributed by atoms with Crippen molar-refractivity contribution < 1.29 is 31.8 Å². The fourth-order valence-corrected chi connectivity index (χ4v) is 2.70. The highest BCUT2D eigenvalue weighted by Gasteiger charge is 2.21. The van der Waals surface area contributed by atoms with E-state index in [1.54, 1.807) is 0 Å². The van der Waals surface area contributed by atoms with Crippen LogP contribution in [0.5, 0.6) is 0 Å². The summed E-state index contributed by atoms with van der Waals surface area (Å²) in [6.07, 6.45) is 1.08. The lowest BCUT2D eigenvalue weighted by Crippen LogP contribution is -2.19. The maximum absolute atomic E-state index is 13.9. The van der Waals surface area contributed by atoms with Gasteiger partial charge in [-0.25, -0.2) is 18.6 Å². The second-order valence-corrected chi connectivity index (χ2v) is 6.10. The van der Waals surface area contributed by atoms with Gasteiger partial charge in [-0.05, 0) is 17.6 Å². The van der Waals surface area contributed by atoms with Crippen molar-refractivity contribution >= 4 is 34.6 Å². The zero-order valence-corrected chi connectivity index (χ0v) is 13.0. The molecule has 0 saturated carbocycles. The van der Waals surface area contributed by atoms with Gasteiger partial charge in [0, 0.05) is 12.3 Å². The van der Waals surface area contributed by atoms with Gasteiger partial charge in [-0.3, -0.25) is 4.72 Å². The van der Waals surface area contributed by atoms with Gasteiger partial charge in [-0.2, -0.15) is 8.42 Å². The van der Waals surface area contributed by atoms with Crippen molar-refractivity contribution in [1.82, 2.24) is 4.98 Å². The lowest BCUT2D eigenvalue weighted by Gasteiger charge is -2.10. The number of nitrogens with one attached hydrogen (secondary N) is 1. The molecule has 2 aromatic rings. The average molecular weight is 355 g/mol. The van der Waals surface area contributed by atoms with Gasteiger partial charge in [-0.15, -0.1) is 0 Å². The van der Waals surface area contributed by atoms with E-state index >= 15 is 0 Å². The van der Waals surface area contributed by atoms with Crippen LogP contribution in [0.1, 0.15) is 10.4 Å². The second-order valence-electron chi connectivity index (χ2n) is 4.47. The van der Waals surface area contributed by atoms with Crippen molar-refractivity contribution in [2.24, 2.45) is 0 Å². The van der Waals surface area contributed by atoms with E-state index in [0.29, 0.717) is 12.1 Å². The van der Waals surface area contributed by atoms with Crippen molar-refractivity contribution in [1.29, 1.82) is 0 Å². The number of carbonyl (C=O) groups excluding carboxylic acids is 1. The maximum Gasteiger partial charge on any atom is 0.340 e. The Labute approximate surface area is 136 Å². The Morgan fingerprint density at radius 2 is 2.00 bits per heavy atom. The Morgan fingerprint density at radius 3 is 2.54 bits per heavy atom. The Kier molecular flexibility index (Phi) is 5.15. The molecule has 125 valence electrons. The first-order chi connectivity index (χ1) is 11.3. The molecule has 7 nitrogen and oxygen atoms in total. The van der Waals surface area contributed by atoms with Crippen LogP contribution in [0.15, 0.2) is 35.5 Å². The zero-order valence-electron chi connectivity index (χ0n) is 12.2. The molecular formula is C13H10BF2N2O5S. The van der Waals surface area contributed by atoms with Crippen LogP contribution < -0.4 is 10.2 Å². The summed E-state index contributed by atoms with van der Waals surface area (Å²) in [7, 11) is -2.58. The minimum Gasteiger partial charge on any atom is -0.465 e. The van der Waals surface area contributed by atoms with E-state index in [1.165, 1.54) is 6.07 Å². The number of rotatable bonds is 5. The molecule has 0 spiro atoms. The van der Waals surface area contributed by atoms with Gasteiger partial charge in [0.05, 0.1) is 18.4 Å². The standard InChI is InChI=1S/C13H10BF2N2O5S/c1-23-13(19)8-4-10(16)11(5-9(8)15)18-24(21,22)12-3-2-7(14-20)6-17-12/h2-6,18,20H,1H3. The smallest absolute Gasteiger partial charge is 0.340 e. The molecule has 0 aliphatic rings. The number of anilines is 1. The van der Waals surface area contributed by atoms with Crippen LogP contribution in [0.2, 0.25) is 0 Å². The molecule has 1 aromatic heterocycles. The average Bonchev–Trinajstić information content (AvgIpc) is 2.57. The summed E-state index contributed by atoms with van der Waals surface area (Å²) >= 11 is 0. The van der Waals surface area contributed by atoms with Crippen molar-refractivity contribution in [3.63, 3.8) is 0 Å². The van der Waals surface area contributed by atoms with E-state index in [2.05, 4.69) is 9.72 Å². The van der Waals surface area contributed by atoms with Gasteiger partial charge < -0.3 is 9.76 Å². The van der Waals surface area contributed by atoms with Crippen LogP contribution in [0.4, 0.5) is 14.5 Å². The summed E-state index contributed by atoms with van der Waals surface area (Å²) in [5.41, 5.74) is -1.10. The molecule has 0 atom stereocenters. The number of esters is 1. The maximum atomic E-state index is 13.9. The fraction of sp³-hybridized carbons (Fsp3) is 0.0769. The first kappa shape index (κ1) is 17.8. The Morgan fingerprint density at radius 1 is 1.29 bits per heavy atom. The number of aromatic nitrogens is 1. The summed E-state index contributed by atoms with van der Waals surface area (Å²) in [6, 6.07) is 3.38. The van der Waals surface area contributed by atoms with Crippen LogP contribution >= 0.6 is 0 Å². The van der Waals surface area contributed by atoms with E-state index in [4.69, 9.17) is 5.02 Å². The molecule has 0 amide bonds. The van der Waals surface area contributed by atoms with Crippen LogP contribution in [-0.4, -0.2) is 39.0 Å². The number of nitrogens with zero attached hydrogens (tertiary/aromatic N) is 1. The van der Waals surface area contributed by atoms with E-state index in [9.17, 15) is 22.0 Å². The summed E-state index contributed by atoms with van der Waals surface area (Å²) in [5.74, 6) is -3.42. The Hall–Kier alpha value is -2.53. The van der Waals surface area contributed by atoms with E-state index in [0.717, 1.165) is 26.9 Å². The SMILES string of the molecule is COC(=O)c1cc(F)c(NS(=O)(=O)c2ccc([B]O)cn2)cc1F. The van der Waals surface area contributed by atoms with Gasteiger partial charge in [0.2, 0.25) is 0 Å². The van der Waals surface area contributed by atoms with Crippen molar-refractivity contribution in [3.05, 3.63) is 47.7 Å². The highest BCUT2D eigenvalue weighted by molar-refractivity contribution is 7.92. The fourth-order valence-electron chi connectivity index (χ4n) is 1.72. The number of pyridine rings is 1. The summed E-state index contributed by atoms with van der Waals surface area (Å²) in [5, 5.41) is 8.30. The molecule has 1 heterocycles. The largest absolute Gasteiger partial charge is 0.465 e. The van der Waals surface area contributed by atoms with Crippen LogP contribution in [0.3, 0.4) is 0 Å². The van der Waals surface area contributed by atoms with Gasteiger partial charge >= 0.3 is 13.5 Å². The molecule has 0 fully saturated rings. The number of methoxy groups -OCH3 is 1. The number of carbonyl (C=O) groups is 1. The molecule has 0 saturated heterocycles. The molecule has 1 aromatic carbocycles. The number of sulfonamides is 1. The summed E-state index contributed by atoms with van der Waals surface area (Å²) < 4.78 is 58.1. The molecule has 24 heavy (non-hydrogen) atoms. The molecule has 0 aliphatic carbocycles. The Bertz CT molecular complexity index is 875. The van der Waals surface area contributed by atoms with Crippen molar-refractivity contribution in [2.75, 3.05) is 11.8 Å². The third kappa shape index (κ3) is 3.68. The minimum absolute atomic E-state index is 0.258. The van der Waals surface area contributed by atoms with E-state index < -0.39 is 43.9 Å². The highest BCUT2D eigenvalue weighted by Crippen LogP contribution is 2.22. The third-order valence-corrected chi connectivity index (χ3v) is 4.17. The van der Waals surface area contributed by atoms with Gasteiger partial charge in [0.25, 0.3) is 10.0 Å². The van der Waals surface area contributed by atoms with Crippen LogP contribution in [-0.2, 0) is 14.8 Å². The van der Waals surface area contributed by atoms with Gasteiger partial charge in [0.1, 0.15) is 11.6 Å². The summed E-state index contributed by atoms with van der Waals surface area (Å²) in [6.45, 7) is 0. The minimum atomic E-state index is -4.30. The quantitative estimate of drug-likeness (QED) is 0.586. The number of benzene rings is 1. The lowest BCUT2D eigenvalue weighted by atomic mass is 9.91. The highest BCUT2D eigenvalue weighted by atomic mass is 32.2. The lowest BCUT2D eigenvalue weighted by molar-refractivity contribution is 0.0595. The number of hydrogen-bond acceptors (Lipinski definition) is 6. The van der Waals surface area contributed by atoms with E-state index in [-0.39, 0.29) is 5.46 Å². The first-order valence-electron chi connectivity index (χ1n) is 6.32. The predicted molar refractivity (Wildman–Crippen MR) is 80.3 cm³/mol. The molecule has 1 radical (unpaired) electrons. The first-order valence-corrected chi connectivity index (χ1v) is 7.80. The monoisotopic (exact) mass is 355 g/mol.